The maximum absolute atomic E-state index is 11.7. The molecule has 0 amide bonds. The molecule has 1 rings (SSSR count). The Hall–Kier alpha value is -1.19. The highest BCUT2D eigenvalue weighted by Gasteiger charge is 2.05. The lowest BCUT2D eigenvalue weighted by molar-refractivity contribution is 0.0475. The van der Waals surface area contributed by atoms with Crippen LogP contribution in [0.15, 0.2) is 24.3 Å². The summed E-state index contributed by atoms with van der Waals surface area (Å²) in [5, 5.41) is 0. The molecule has 0 saturated heterocycles. The van der Waals surface area contributed by atoms with E-state index < -0.39 is 0 Å². The molecule has 0 aliphatic heterocycles. The van der Waals surface area contributed by atoms with Gasteiger partial charge in [-0.15, -0.1) is 0 Å². The Bertz CT molecular complexity index is 330. The number of hydrogen-bond acceptors (Lipinski definition) is 3. The summed E-state index contributed by atoms with van der Waals surface area (Å²) < 4.78 is 10.3. The van der Waals surface area contributed by atoms with Crippen LogP contribution >= 0.6 is 0 Å². The van der Waals surface area contributed by atoms with Crippen LogP contribution in [-0.2, 0) is 15.9 Å². The Labute approximate surface area is 103 Å². The van der Waals surface area contributed by atoms with Crippen molar-refractivity contribution in [3.05, 3.63) is 35.4 Å². The summed E-state index contributed by atoms with van der Waals surface area (Å²) in [6.07, 6.45) is 0.985. The first kappa shape index (κ1) is 13.9. The smallest absolute Gasteiger partial charge is 0.188 e. The SMILES string of the molecule is CCOCCOCC(=O)c1ccc(CC)cc1. The number of rotatable bonds is 8. The van der Waals surface area contributed by atoms with Gasteiger partial charge in [0.1, 0.15) is 6.61 Å². The van der Waals surface area contributed by atoms with Gasteiger partial charge in [0.05, 0.1) is 13.2 Å². The van der Waals surface area contributed by atoms with E-state index in [4.69, 9.17) is 9.47 Å². The molecule has 0 radical (unpaired) electrons. The fourth-order valence-electron chi connectivity index (χ4n) is 1.44. The quantitative estimate of drug-likeness (QED) is 0.514. The van der Waals surface area contributed by atoms with E-state index in [-0.39, 0.29) is 12.4 Å². The van der Waals surface area contributed by atoms with Crippen molar-refractivity contribution in [3.63, 3.8) is 0 Å². The van der Waals surface area contributed by atoms with E-state index in [0.29, 0.717) is 25.4 Å². The molecule has 3 heteroatoms. The molecule has 17 heavy (non-hydrogen) atoms. The second-order valence-corrected chi connectivity index (χ2v) is 3.72. The Morgan fingerprint density at radius 2 is 1.71 bits per heavy atom. The zero-order chi connectivity index (χ0) is 12.5. The van der Waals surface area contributed by atoms with Gasteiger partial charge in [-0.1, -0.05) is 31.2 Å². The Morgan fingerprint density at radius 1 is 1.06 bits per heavy atom. The van der Waals surface area contributed by atoms with E-state index in [9.17, 15) is 4.79 Å². The third-order valence-corrected chi connectivity index (χ3v) is 2.49. The van der Waals surface area contributed by atoms with Crippen LogP contribution in [0.3, 0.4) is 0 Å². The molecule has 94 valence electrons. The van der Waals surface area contributed by atoms with E-state index in [1.54, 1.807) is 0 Å². The minimum absolute atomic E-state index is 0.0177. The highest BCUT2D eigenvalue weighted by molar-refractivity contribution is 5.97. The summed E-state index contributed by atoms with van der Waals surface area (Å²) in [6.45, 7) is 5.83. The van der Waals surface area contributed by atoms with Crippen LogP contribution in [0.25, 0.3) is 0 Å². The van der Waals surface area contributed by atoms with Crippen molar-refractivity contribution in [3.8, 4) is 0 Å². The zero-order valence-electron chi connectivity index (χ0n) is 10.6. The van der Waals surface area contributed by atoms with Gasteiger partial charge in [0.15, 0.2) is 5.78 Å². The minimum Gasteiger partial charge on any atom is -0.379 e. The van der Waals surface area contributed by atoms with Gasteiger partial charge in [-0.2, -0.15) is 0 Å². The van der Waals surface area contributed by atoms with E-state index in [1.807, 2.05) is 31.2 Å². The number of ketones is 1. The molecule has 0 N–H and O–H groups in total. The third kappa shape index (κ3) is 5.11. The topological polar surface area (TPSA) is 35.5 Å². The highest BCUT2D eigenvalue weighted by atomic mass is 16.5. The summed E-state index contributed by atoms with van der Waals surface area (Å²) in [5.74, 6) is 0.0177. The van der Waals surface area contributed by atoms with E-state index in [0.717, 1.165) is 6.42 Å². The number of carbonyl (C=O) groups is 1. The van der Waals surface area contributed by atoms with E-state index in [2.05, 4.69) is 6.92 Å². The first-order chi connectivity index (χ1) is 8.27. The minimum atomic E-state index is 0.0177. The molecule has 0 aliphatic rings. The largest absolute Gasteiger partial charge is 0.379 e. The lowest BCUT2D eigenvalue weighted by atomic mass is 10.1. The second-order valence-electron chi connectivity index (χ2n) is 3.72. The van der Waals surface area contributed by atoms with Crippen molar-refractivity contribution < 1.29 is 14.3 Å². The first-order valence-electron chi connectivity index (χ1n) is 6.05. The van der Waals surface area contributed by atoms with Gasteiger partial charge in [0.2, 0.25) is 0 Å². The Morgan fingerprint density at radius 3 is 2.29 bits per heavy atom. The fourth-order valence-corrected chi connectivity index (χ4v) is 1.44. The number of hydrogen-bond donors (Lipinski definition) is 0. The fraction of sp³-hybridized carbons (Fsp3) is 0.500. The van der Waals surface area contributed by atoms with Crippen molar-refractivity contribution in [2.75, 3.05) is 26.4 Å². The molecule has 1 aromatic rings. The van der Waals surface area contributed by atoms with Crippen LogP contribution in [0, 0.1) is 0 Å². The van der Waals surface area contributed by atoms with Crippen LogP contribution in [-0.4, -0.2) is 32.2 Å². The third-order valence-electron chi connectivity index (χ3n) is 2.49. The first-order valence-corrected chi connectivity index (χ1v) is 6.05. The van der Waals surface area contributed by atoms with Crippen molar-refractivity contribution >= 4 is 5.78 Å². The van der Waals surface area contributed by atoms with Crippen LogP contribution in [0.4, 0.5) is 0 Å². The number of ether oxygens (including phenoxy) is 2. The number of aryl methyl sites for hydroxylation is 1. The van der Waals surface area contributed by atoms with E-state index in [1.165, 1.54) is 5.56 Å². The van der Waals surface area contributed by atoms with Gasteiger partial charge >= 0.3 is 0 Å². The highest BCUT2D eigenvalue weighted by Crippen LogP contribution is 2.06. The number of carbonyl (C=O) groups excluding carboxylic acids is 1. The molecule has 3 nitrogen and oxygen atoms in total. The van der Waals surface area contributed by atoms with Crippen LogP contribution in [0.5, 0.6) is 0 Å². The molecular formula is C14H20O3. The van der Waals surface area contributed by atoms with Crippen molar-refractivity contribution in [2.45, 2.75) is 20.3 Å². The van der Waals surface area contributed by atoms with Gasteiger partial charge in [0, 0.05) is 12.2 Å². The molecular weight excluding hydrogens is 216 g/mol. The number of Topliss-reactive ketones (excluding diaryl/α,β-unsaturated/α-hetero) is 1. The molecule has 0 unspecified atom stereocenters. The Balaban J connectivity index is 2.31. The van der Waals surface area contributed by atoms with Crippen LogP contribution in [0.2, 0.25) is 0 Å². The van der Waals surface area contributed by atoms with Crippen molar-refractivity contribution in [2.24, 2.45) is 0 Å². The summed E-state index contributed by atoms with van der Waals surface area (Å²) >= 11 is 0. The predicted octanol–water partition coefficient (Wildman–Crippen LogP) is 2.48. The molecule has 0 bridgehead atoms. The summed E-state index contributed by atoms with van der Waals surface area (Å²) in [4.78, 5) is 11.7. The lowest BCUT2D eigenvalue weighted by Gasteiger charge is -2.04. The van der Waals surface area contributed by atoms with Crippen molar-refractivity contribution in [1.82, 2.24) is 0 Å². The maximum Gasteiger partial charge on any atom is 0.188 e. The molecule has 0 saturated carbocycles. The molecule has 0 heterocycles. The molecule has 0 fully saturated rings. The van der Waals surface area contributed by atoms with Gasteiger partial charge in [-0.05, 0) is 18.9 Å². The average molecular weight is 236 g/mol. The van der Waals surface area contributed by atoms with Gasteiger partial charge < -0.3 is 9.47 Å². The average Bonchev–Trinajstić information content (AvgIpc) is 2.38. The molecule has 1 aromatic carbocycles. The lowest BCUT2D eigenvalue weighted by Crippen LogP contribution is -2.12. The number of benzene rings is 1. The summed E-state index contributed by atoms with van der Waals surface area (Å²) in [5.41, 5.74) is 1.94. The van der Waals surface area contributed by atoms with Crippen molar-refractivity contribution in [1.29, 1.82) is 0 Å². The molecule has 0 aliphatic carbocycles. The maximum atomic E-state index is 11.7. The normalized spacial score (nSPS) is 10.5. The molecule has 0 aromatic heterocycles. The monoisotopic (exact) mass is 236 g/mol. The molecule has 0 atom stereocenters. The van der Waals surface area contributed by atoms with Gasteiger partial charge in [-0.3, -0.25) is 4.79 Å². The summed E-state index contributed by atoms with van der Waals surface area (Å²) in [6, 6.07) is 7.67. The standard InChI is InChI=1S/C14H20O3/c1-3-12-5-7-13(8-6-12)14(15)11-17-10-9-16-4-2/h5-8H,3-4,9-11H2,1-2H3. The van der Waals surface area contributed by atoms with Crippen LogP contribution < -0.4 is 0 Å². The van der Waals surface area contributed by atoms with Gasteiger partial charge in [0.25, 0.3) is 0 Å². The van der Waals surface area contributed by atoms with Gasteiger partial charge in [-0.25, -0.2) is 0 Å². The second kappa shape index (κ2) is 7.98. The van der Waals surface area contributed by atoms with E-state index >= 15 is 0 Å². The predicted molar refractivity (Wildman–Crippen MR) is 67.5 cm³/mol. The van der Waals surface area contributed by atoms with Crippen LogP contribution in [0.1, 0.15) is 29.8 Å². The summed E-state index contributed by atoms with van der Waals surface area (Å²) in [7, 11) is 0. The molecule has 0 spiro atoms. The zero-order valence-corrected chi connectivity index (χ0v) is 10.6. The Kier molecular flexibility index (Phi) is 6.51.